The number of fused-ring (bicyclic) bond motifs is 2. The molecule has 0 unspecified atom stereocenters. The van der Waals surface area contributed by atoms with Gasteiger partial charge in [-0.25, -0.2) is 0 Å². The van der Waals surface area contributed by atoms with Crippen LogP contribution < -0.4 is 25.3 Å². The SMILES string of the molecule is COc1ccc(C(=O)Nc2ccc3c(c2)[C@]2(O[C@@H](CCO)[C@H]([Si](C)(C)c4ccc(OC)cc4)[C@H]2C)C(=O)N3)cc1. The van der Waals surface area contributed by atoms with Gasteiger partial charge in [-0.2, -0.15) is 0 Å². The lowest BCUT2D eigenvalue weighted by molar-refractivity contribution is -0.143. The number of rotatable bonds is 8. The van der Waals surface area contributed by atoms with E-state index in [-0.39, 0.29) is 36.0 Å². The number of nitrogens with one attached hydrogen (secondary N) is 2. The van der Waals surface area contributed by atoms with E-state index >= 15 is 0 Å². The third-order valence-electron chi connectivity index (χ3n) is 8.61. The van der Waals surface area contributed by atoms with Crippen molar-refractivity contribution in [1.29, 1.82) is 0 Å². The number of hydrogen-bond donors (Lipinski definition) is 3. The summed E-state index contributed by atoms with van der Waals surface area (Å²) >= 11 is 0. The molecule has 2 aliphatic heterocycles. The van der Waals surface area contributed by atoms with Crippen LogP contribution in [0.25, 0.3) is 0 Å². The molecule has 1 saturated heterocycles. The van der Waals surface area contributed by atoms with Gasteiger partial charge in [0.1, 0.15) is 11.5 Å². The Labute approximate surface area is 235 Å². The molecule has 2 aliphatic rings. The van der Waals surface area contributed by atoms with E-state index in [0.717, 1.165) is 5.75 Å². The van der Waals surface area contributed by atoms with Gasteiger partial charge in [-0.3, -0.25) is 9.59 Å². The highest BCUT2D eigenvalue weighted by molar-refractivity contribution is 6.91. The van der Waals surface area contributed by atoms with Crippen molar-refractivity contribution < 1.29 is 28.9 Å². The molecular formula is C31H36N2O6Si. The van der Waals surface area contributed by atoms with E-state index < -0.39 is 13.7 Å². The molecule has 40 heavy (non-hydrogen) atoms. The van der Waals surface area contributed by atoms with E-state index in [4.69, 9.17) is 14.2 Å². The summed E-state index contributed by atoms with van der Waals surface area (Å²) in [5.74, 6) is 0.806. The summed E-state index contributed by atoms with van der Waals surface area (Å²) < 4.78 is 17.3. The number of amides is 2. The summed E-state index contributed by atoms with van der Waals surface area (Å²) in [5, 5.41) is 17.2. The van der Waals surface area contributed by atoms with E-state index in [1.807, 2.05) is 24.3 Å². The molecule has 1 spiro atoms. The molecule has 2 heterocycles. The molecule has 9 heteroatoms. The number of anilines is 2. The first-order valence-electron chi connectivity index (χ1n) is 13.5. The van der Waals surface area contributed by atoms with Gasteiger partial charge in [0.05, 0.1) is 28.4 Å². The average molecular weight is 561 g/mol. The van der Waals surface area contributed by atoms with Gasteiger partial charge in [-0.15, -0.1) is 0 Å². The lowest BCUT2D eigenvalue weighted by Crippen LogP contribution is -2.51. The van der Waals surface area contributed by atoms with Gasteiger partial charge in [-0.1, -0.05) is 37.3 Å². The monoisotopic (exact) mass is 560 g/mol. The number of aliphatic hydroxyl groups excluding tert-OH is 1. The Balaban J connectivity index is 1.50. The molecule has 2 amide bonds. The molecule has 0 aliphatic carbocycles. The fourth-order valence-electron chi connectivity index (χ4n) is 6.55. The van der Waals surface area contributed by atoms with Crippen LogP contribution in [0.5, 0.6) is 11.5 Å². The fourth-order valence-corrected chi connectivity index (χ4v) is 10.6. The summed E-state index contributed by atoms with van der Waals surface area (Å²) in [6.45, 7) is 6.63. The number of aliphatic hydroxyl groups is 1. The molecule has 3 N–H and O–H groups in total. The summed E-state index contributed by atoms with van der Waals surface area (Å²) in [6, 6.07) is 20.4. The maximum absolute atomic E-state index is 13.7. The highest BCUT2D eigenvalue weighted by Gasteiger charge is 2.64. The van der Waals surface area contributed by atoms with Crippen molar-refractivity contribution in [2.24, 2.45) is 5.92 Å². The van der Waals surface area contributed by atoms with Crippen LogP contribution >= 0.6 is 0 Å². The average Bonchev–Trinajstić information content (AvgIpc) is 3.41. The van der Waals surface area contributed by atoms with Crippen molar-refractivity contribution in [3.63, 3.8) is 0 Å². The number of ether oxygens (including phenoxy) is 3. The molecule has 210 valence electrons. The molecule has 8 nitrogen and oxygen atoms in total. The molecule has 0 aromatic heterocycles. The second-order valence-electron chi connectivity index (χ2n) is 11.1. The van der Waals surface area contributed by atoms with Crippen molar-refractivity contribution in [1.82, 2.24) is 0 Å². The summed E-state index contributed by atoms with van der Waals surface area (Å²) in [6.07, 6.45) is 0.123. The van der Waals surface area contributed by atoms with Crippen LogP contribution in [-0.2, 0) is 15.1 Å². The van der Waals surface area contributed by atoms with E-state index in [1.54, 1.807) is 44.6 Å². The summed E-state index contributed by atoms with van der Waals surface area (Å²) in [7, 11) is 0.991. The predicted octanol–water partition coefficient (Wildman–Crippen LogP) is 4.51. The zero-order valence-electron chi connectivity index (χ0n) is 23.5. The van der Waals surface area contributed by atoms with Crippen LogP contribution in [0.4, 0.5) is 11.4 Å². The topological polar surface area (TPSA) is 106 Å². The molecule has 4 atom stereocenters. The van der Waals surface area contributed by atoms with Gasteiger partial charge < -0.3 is 30.0 Å². The van der Waals surface area contributed by atoms with Gasteiger partial charge in [-0.05, 0) is 66.6 Å². The smallest absolute Gasteiger partial charge is 0.261 e. The maximum atomic E-state index is 13.7. The van der Waals surface area contributed by atoms with Crippen molar-refractivity contribution in [2.75, 3.05) is 31.5 Å². The summed E-state index contributed by atoms with van der Waals surface area (Å²) in [4.78, 5) is 26.7. The van der Waals surface area contributed by atoms with Gasteiger partial charge in [0, 0.05) is 35.0 Å². The molecule has 3 aromatic rings. The van der Waals surface area contributed by atoms with Crippen LogP contribution in [-0.4, -0.2) is 51.9 Å². The Morgan fingerprint density at radius 2 is 1.65 bits per heavy atom. The number of carbonyl (C=O) groups excluding carboxylic acids is 2. The number of hydrogen-bond acceptors (Lipinski definition) is 6. The third kappa shape index (κ3) is 4.57. The Kier molecular flexibility index (Phi) is 7.47. The highest BCUT2D eigenvalue weighted by atomic mass is 28.3. The highest BCUT2D eigenvalue weighted by Crippen LogP contribution is 2.58. The van der Waals surface area contributed by atoms with E-state index in [9.17, 15) is 14.7 Å². The Morgan fingerprint density at radius 3 is 2.25 bits per heavy atom. The van der Waals surface area contributed by atoms with Gasteiger partial charge >= 0.3 is 0 Å². The van der Waals surface area contributed by atoms with Gasteiger partial charge in [0.25, 0.3) is 11.8 Å². The van der Waals surface area contributed by atoms with Gasteiger partial charge in [0.2, 0.25) is 0 Å². The molecule has 1 fully saturated rings. The van der Waals surface area contributed by atoms with E-state index in [1.165, 1.54) is 5.19 Å². The molecular weight excluding hydrogens is 524 g/mol. The van der Waals surface area contributed by atoms with Crippen molar-refractivity contribution in [3.05, 3.63) is 77.9 Å². The second kappa shape index (κ2) is 10.7. The zero-order chi connectivity index (χ0) is 28.7. The zero-order valence-corrected chi connectivity index (χ0v) is 24.5. The number of methoxy groups -OCH3 is 2. The van der Waals surface area contributed by atoms with E-state index in [0.29, 0.717) is 34.7 Å². The lowest BCUT2D eigenvalue weighted by atomic mass is 9.82. The number of benzene rings is 3. The fraction of sp³-hybridized carbons (Fsp3) is 0.355. The Hall–Kier alpha value is -3.66. The molecule has 0 saturated carbocycles. The molecule has 0 radical (unpaired) electrons. The lowest BCUT2D eigenvalue weighted by Gasteiger charge is -2.37. The summed E-state index contributed by atoms with van der Waals surface area (Å²) in [5.41, 5.74) is 1.26. The van der Waals surface area contributed by atoms with Crippen LogP contribution in [0.1, 0.15) is 29.3 Å². The maximum Gasteiger partial charge on any atom is 0.261 e. The minimum Gasteiger partial charge on any atom is -0.497 e. The standard InChI is InChI=1S/C31H36N2O6Si/c1-19-28(40(4,5)24-13-11-23(38-3)12-14-24)27(16-17-34)39-31(19)25-18-21(8-15-26(25)33-30(31)36)32-29(35)20-6-9-22(37-2)10-7-20/h6-15,18-19,27-28,34H,16-17H2,1-5H3,(H,32,35)(H,33,36)/t19-,27+,28-,31+/m1/s1. The minimum absolute atomic E-state index is 0.0382. The van der Waals surface area contributed by atoms with Crippen molar-refractivity contribution in [3.8, 4) is 11.5 Å². The Bertz CT molecular complexity index is 1410. The first-order valence-corrected chi connectivity index (χ1v) is 16.6. The van der Waals surface area contributed by atoms with Crippen LogP contribution in [0.15, 0.2) is 66.7 Å². The second-order valence-corrected chi connectivity index (χ2v) is 15.8. The quantitative estimate of drug-likeness (QED) is 0.350. The van der Waals surface area contributed by atoms with Crippen LogP contribution in [0.2, 0.25) is 18.6 Å². The predicted molar refractivity (Wildman–Crippen MR) is 157 cm³/mol. The third-order valence-corrected chi connectivity index (χ3v) is 13.0. The Morgan fingerprint density at radius 1 is 1.02 bits per heavy atom. The normalized spacial score (nSPS) is 23.6. The largest absolute Gasteiger partial charge is 0.497 e. The van der Waals surface area contributed by atoms with E-state index in [2.05, 4.69) is 42.8 Å². The molecule has 3 aromatic carbocycles. The van der Waals surface area contributed by atoms with Crippen molar-refractivity contribution in [2.45, 2.75) is 43.7 Å². The first kappa shape index (κ1) is 27.9. The minimum atomic E-state index is -2.23. The van der Waals surface area contributed by atoms with Gasteiger partial charge in [0.15, 0.2) is 5.60 Å². The first-order chi connectivity index (χ1) is 19.1. The number of carbonyl (C=O) groups is 2. The molecule has 0 bridgehead atoms. The van der Waals surface area contributed by atoms with Crippen molar-refractivity contribution >= 4 is 36.4 Å². The van der Waals surface area contributed by atoms with Crippen LogP contribution in [0.3, 0.4) is 0 Å². The molecule has 5 rings (SSSR count). The van der Waals surface area contributed by atoms with Crippen LogP contribution in [0, 0.1) is 5.92 Å².